The van der Waals surface area contributed by atoms with E-state index in [1.165, 1.54) is 0 Å². The molecule has 0 radical (unpaired) electrons. The van der Waals surface area contributed by atoms with E-state index in [9.17, 15) is 9.59 Å². The molecule has 0 saturated carbocycles. The fourth-order valence-corrected chi connectivity index (χ4v) is 3.53. The van der Waals surface area contributed by atoms with Crippen molar-refractivity contribution in [2.75, 3.05) is 51.6 Å². The van der Waals surface area contributed by atoms with Crippen molar-refractivity contribution in [2.24, 2.45) is 0 Å². The van der Waals surface area contributed by atoms with E-state index in [1.807, 2.05) is 0 Å². The molecule has 0 unspecified atom stereocenters. The van der Waals surface area contributed by atoms with Crippen LogP contribution in [-0.2, 0) is 0 Å². The summed E-state index contributed by atoms with van der Waals surface area (Å²) in [6, 6.07) is 3.26. The lowest BCUT2D eigenvalue weighted by molar-refractivity contribution is 0.0974. The van der Waals surface area contributed by atoms with Gasteiger partial charge in [-0.1, -0.05) is 13.3 Å². The van der Waals surface area contributed by atoms with E-state index in [1.54, 1.807) is 18.3 Å². The van der Waals surface area contributed by atoms with Gasteiger partial charge in [-0.2, -0.15) is 5.10 Å². The molecule has 0 aromatic carbocycles. The van der Waals surface area contributed by atoms with Crippen LogP contribution in [0.3, 0.4) is 0 Å². The van der Waals surface area contributed by atoms with Crippen LogP contribution in [0.25, 0.3) is 11.4 Å². The molecule has 1 aliphatic rings. The first-order chi connectivity index (χ1) is 15.1. The molecule has 0 spiro atoms. The first-order valence-electron chi connectivity index (χ1n) is 11.2. The zero-order valence-electron chi connectivity index (χ0n) is 18.6. The van der Waals surface area contributed by atoms with Crippen molar-refractivity contribution >= 4 is 11.7 Å². The number of hydrogen-bond acceptors (Lipinski definition) is 8. The second-order valence-corrected chi connectivity index (χ2v) is 8.07. The lowest BCUT2D eigenvalue weighted by Gasteiger charge is -2.32. The van der Waals surface area contributed by atoms with Gasteiger partial charge >= 0.3 is 0 Å². The fourth-order valence-electron chi connectivity index (χ4n) is 3.53. The highest BCUT2D eigenvalue weighted by atomic mass is 16.1. The summed E-state index contributed by atoms with van der Waals surface area (Å²) in [7, 11) is 2.14. The Morgan fingerprint density at radius 2 is 1.97 bits per heavy atom. The van der Waals surface area contributed by atoms with E-state index in [0.29, 0.717) is 23.8 Å². The number of Topliss-reactive ketones (excluding diaryl/α,β-unsaturated/α-hetero) is 1. The molecule has 1 saturated heterocycles. The van der Waals surface area contributed by atoms with Crippen molar-refractivity contribution < 1.29 is 4.79 Å². The summed E-state index contributed by atoms with van der Waals surface area (Å²) in [5.74, 6) is 0.356. The van der Waals surface area contributed by atoms with E-state index in [0.717, 1.165) is 65.0 Å². The Morgan fingerprint density at radius 1 is 1.16 bits per heavy atom. The standard InChI is InChI=1S/C22H33N7O2/c1-3-4-9-23-22-24-10-8-18(25-22)19-16-17(21(31)27-26-19)20(30)7-5-6-11-29-14-12-28(2)13-15-29/h8,10,16H,3-7,9,11-15H2,1-2H3,(H,27,31)(H,23,24,25). The SMILES string of the molecule is CCCCNc1nccc(-c2cc(C(=O)CCCCN3CCN(C)CC3)c(=O)[nH]n2)n1. The van der Waals surface area contributed by atoms with Gasteiger partial charge in [0.2, 0.25) is 5.95 Å². The van der Waals surface area contributed by atoms with Crippen molar-refractivity contribution in [3.8, 4) is 11.4 Å². The third-order valence-electron chi connectivity index (χ3n) is 5.56. The molecule has 0 amide bonds. The number of carbonyl (C=O) groups is 1. The van der Waals surface area contributed by atoms with Gasteiger partial charge in [0.15, 0.2) is 5.78 Å². The number of aromatic nitrogens is 4. The molecule has 3 heterocycles. The van der Waals surface area contributed by atoms with Crippen molar-refractivity contribution in [2.45, 2.75) is 39.0 Å². The van der Waals surface area contributed by atoms with Crippen LogP contribution in [0, 0.1) is 0 Å². The molecule has 1 aliphatic heterocycles. The molecule has 9 nitrogen and oxygen atoms in total. The molecule has 9 heteroatoms. The number of aromatic amines is 1. The maximum atomic E-state index is 12.7. The molecule has 31 heavy (non-hydrogen) atoms. The molecular weight excluding hydrogens is 394 g/mol. The Kier molecular flexibility index (Phi) is 8.66. The van der Waals surface area contributed by atoms with Crippen molar-refractivity contribution in [3.63, 3.8) is 0 Å². The highest BCUT2D eigenvalue weighted by molar-refractivity contribution is 5.96. The van der Waals surface area contributed by atoms with Crippen LogP contribution in [0.1, 0.15) is 49.4 Å². The molecule has 2 aromatic heterocycles. The Labute approximate surface area is 183 Å². The Hall–Kier alpha value is -2.65. The van der Waals surface area contributed by atoms with Gasteiger partial charge in [-0.25, -0.2) is 15.1 Å². The third kappa shape index (κ3) is 6.93. The van der Waals surface area contributed by atoms with Crippen molar-refractivity contribution in [1.82, 2.24) is 30.0 Å². The van der Waals surface area contributed by atoms with E-state index >= 15 is 0 Å². The van der Waals surface area contributed by atoms with Crippen LogP contribution < -0.4 is 10.9 Å². The number of hydrogen-bond donors (Lipinski definition) is 2. The number of carbonyl (C=O) groups excluding carboxylic acids is 1. The lowest BCUT2D eigenvalue weighted by Crippen LogP contribution is -2.44. The minimum Gasteiger partial charge on any atom is -0.354 e. The summed E-state index contributed by atoms with van der Waals surface area (Å²) in [5.41, 5.74) is 0.711. The van der Waals surface area contributed by atoms with Crippen LogP contribution in [-0.4, -0.2) is 82.1 Å². The van der Waals surface area contributed by atoms with Crippen LogP contribution >= 0.6 is 0 Å². The average molecular weight is 428 g/mol. The lowest BCUT2D eigenvalue weighted by atomic mass is 10.1. The maximum Gasteiger partial charge on any atom is 0.275 e. The highest BCUT2D eigenvalue weighted by Crippen LogP contribution is 2.16. The van der Waals surface area contributed by atoms with Gasteiger partial charge in [0.1, 0.15) is 5.69 Å². The number of nitrogens with zero attached hydrogens (tertiary/aromatic N) is 5. The number of nitrogens with one attached hydrogen (secondary N) is 2. The Balaban J connectivity index is 1.57. The molecular formula is C22H33N7O2. The molecule has 0 bridgehead atoms. The summed E-state index contributed by atoms with van der Waals surface area (Å²) in [6.45, 7) is 8.23. The van der Waals surface area contributed by atoms with Gasteiger partial charge in [0, 0.05) is 45.3 Å². The zero-order chi connectivity index (χ0) is 22.1. The Morgan fingerprint density at radius 3 is 2.74 bits per heavy atom. The van der Waals surface area contributed by atoms with E-state index in [2.05, 4.69) is 49.3 Å². The highest BCUT2D eigenvalue weighted by Gasteiger charge is 2.16. The largest absolute Gasteiger partial charge is 0.354 e. The number of unbranched alkanes of at least 4 members (excludes halogenated alkanes) is 2. The number of likely N-dealkylation sites (N-methyl/N-ethyl adjacent to an activating group) is 1. The summed E-state index contributed by atoms with van der Waals surface area (Å²) < 4.78 is 0. The van der Waals surface area contributed by atoms with Gasteiger partial charge in [-0.05, 0) is 45.0 Å². The van der Waals surface area contributed by atoms with Gasteiger partial charge in [0.05, 0.1) is 11.3 Å². The summed E-state index contributed by atoms with van der Waals surface area (Å²) >= 11 is 0. The van der Waals surface area contributed by atoms with Crippen LogP contribution in [0.2, 0.25) is 0 Å². The minimum atomic E-state index is -0.455. The molecule has 2 N–H and O–H groups in total. The predicted octanol–water partition coefficient (Wildman–Crippen LogP) is 2.04. The zero-order valence-corrected chi connectivity index (χ0v) is 18.6. The normalized spacial score (nSPS) is 15.2. The quantitative estimate of drug-likeness (QED) is 0.414. The monoisotopic (exact) mass is 427 g/mol. The van der Waals surface area contributed by atoms with Gasteiger partial charge in [-0.3, -0.25) is 9.59 Å². The van der Waals surface area contributed by atoms with E-state index < -0.39 is 5.56 Å². The first-order valence-corrected chi connectivity index (χ1v) is 11.2. The first kappa shape index (κ1) is 23.0. The second kappa shape index (κ2) is 11.7. The van der Waals surface area contributed by atoms with Crippen LogP contribution in [0.4, 0.5) is 5.95 Å². The Bertz CT molecular complexity index is 907. The molecule has 168 valence electrons. The second-order valence-electron chi connectivity index (χ2n) is 8.07. The smallest absolute Gasteiger partial charge is 0.275 e. The van der Waals surface area contributed by atoms with Crippen LogP contribution in [0.5, 0.6) is 0 Å². The maximum absolute atomic E-state index is 12.7. The van der Waals surface area contributed by atoms with Crippen LogP contribution in [0.15, 0.2) is 23.1 Å². The number of rotatable bonds is 11. The molecule has 2 aromatic rings. The molecule has 3 rings (SSSR count). The van der Waals surface area contributed by atoms with Gasteiger partial charge in [-0.15, -0.1) is 0 Å². The third-order valence-corrected chi connectivity index (χ3v) is 5.56. The minimum absolute atomic E-state index is 0.142. The van der Waals surface area contributed by atoms with Crippen molar-refractivity contribution in [3.05, 3.63) is 34.2 Å². The topological polar surface area (TPSA) is 107 Å². The summed E-state index contributed by atoms with van der Waals surface area (Å²) in [5, 5.41) is 9.69. The fraction of sp³-hybridized carbons (Fsp3) is 0.591. The predicted molar refractivity (Wildman–Crippen MR) is 121 cm³/mol. The number of ketones is 1. The molecule has 0 atom stereocenters. The van der Waals surface area contributed by atoms with Gasteiger partial charge in [0.25, 0.3) is 5.56 Å². The van der Waals surface area contributed by atoms with Crippen molar-refractivity contribution in [1.29, 1.82) is 0 Å². The average Bonchev–Trinajstić information content (AvgIpc) is 2.78. The molecule has 1 fully saturated rings. The number of piperazine rings is 1. The van der Waals surface area contributed by atoms with Gasteiger partial charge < -0.3 is 15.1 Å². The number of anilines is 1. The van der Waals surface area contributed by atoms with E-state index in [-0.39, 0.29) is 11.3 Å². The molecule has 0 aliphatic carbocycles. The van der Waals surface area contributed by atoms with E-state index in [4.69, 9.17) is 0 Å². The number of H-pyrrole nitrogens is 1. The summed E-state index contributed by atoms with van der Waals surface area (Å²) in [6.07, 6.45) is 5.81. The summed E-state index contributed by atoms with van der Waals surface area (Å²) in [4.78, 5) is 38.3.